The molecule has 0 radical (unpaired) electrons. The Kier molecular flexibility index (Phi) is 4.41. The molecule has 4 rings (SSSR count). The quantitative estimate of drug-likeness (QED) is 0.575. The van der Waals surface area contributed by atoms with E-state index >= 15 is 0 Å². The second-order valence-electron chi connectivity index (χ2n) is 5.74. The zero-order valence-corrected chi connectivity index (χ0v) is 14.2. The van der Waals surface area contributed by atoms with Gasteiger partial charge in [-0.05, 0) is 35.7 Å². The Morgan fingerprint density at radius 2 is 1.68 bits per heavy atom. The Bertz CT molecular complexity index is 959. The van der Waals surface area contributed by atoms with E-state index in [9.17, 15) is 0 Å². The van der Waals surface area contributed by atoms with Gasteiger partial charge in [-0.3, -0.25) is 0 Å². The summed E-state index contributed by atoms with van der Waals surface area (Å²) in [6.45, 7) is 0.0260. The molecule has 5 heteroatoms. The van der Waals surface area contributed by atoms with Crippen LogP contribution in [-0.2, 0) is 13.0 Å². The van der Waals surface area contributed by atoms with Crippen LogP contribution in [0.5, 0.6) is 0 Å². The molecule has 0 fully saturated rings. The topological polar surface area (TPSA) is 59.2 Å². The number of hydrogen-bond acceptors (Lipinski definition) is 5. The smallest absolute Gasteiger partial charge is 0.258 e. The zero-order chi connectivity index (χ0) is 17.1. The Hall–Kier alpha value is -2.76. The molecule has 0 aliphatic rings. The van der Waals surface area contributed by atoms with E-state index in [0.717, 1.165) is 22.4 Å². The molecule has 0 atom stereocenters. The first kappa shape index (κ1) is 15.7. The standard InChI is InChI=1S/C20H16N2O2S/c23-12-18-11-17(13-25-18)19-21-20(24-22-19)16-8-6-15(7-9-16)10-14-4-2-1-3-5-14/h1-9,11,13,23H,10,12H2. The number of nitrogens with zero attached hydrogens (tertiary/aromatic N) is 2. The van der Waals surface area contributed by atoms with Gasteiger partial charge in [0, 0.05) is 21.4 Å². The summed E-state index contributed by atoms with van der Waals surface area (Å²) >= 11 is 1.48. The summed E-state index contributed by atoms with van der Waals surface area (Å²) in [5, 5.41) is 15.1. The molecule has 0 bridgehead atoms. The van der Waals surface area contributed by atoms with Crippen LogP contribution in [-0.4, -0.2) is 15.2 Å². The molecule has 2 heterocycles. The number of rotatable bonds is 5. The highest BCUT2D eigenvalue weighted by Gasteiger charge is 2.12. The summed E-state index contributed by atoms with van der Waals surface area (Å²) in [5.74, 6) is 1.04. The number of aromatic nitrogens is 2. The van der Waals surface area contributed by atoms with Crippen LogP contribution in [0.4, 0.5) is 0 Å². The van der Waals surface area contributed by atoms with Gasteiger partial charge in [-0.1, -0.05) is 47.6 Å². The van der Waals surface area contributed by atoms with Crippen molar-refractivity contribution in [3.8, 4) is 22.8 Å². The minimum Gasteiger partial charge on any atom is -0.391 e. The van der Waals surface area contributed by atoms with Crippen molar-refractivity contribution in [2.45, 2.75) is 13.0 Å². The van der Waals surface area contributed by atoms with Crippen molar-refractivity contribution >= 4 is 11.3 Å². The molecule has 0 aliphatic heterocycles. The molecule has 1 N–H and O–H groups in total. The number of aliphatic hydroxyl groups is 1. The van der Waals surface area contributed by atoms with Gasteiger partial charge in [-0.25, -0.2) is 0 Å². The van der Waals surface area contributed by atoms with Crippen LogP contribution in [0.1, 0.15) is 16.0 Å². The van der Waals surface area contributed by atoms with Crippen LogP contribution < -0.4 is 0 Å². The summed E-state index contributed by atoms with van der Waals surface area (Å²) in [4.78, 5) is 5.34. The minimum absolute atomic E-state index is 0.0260. The third kappa shape index (κ3) is 3.52. The Balaban J connectivity index is 1.52. The van der Waals surface area contributed by atoms with Crippen LogP contribution in [0.15, 0.2) is 70.6 Å². The molecular weight excluding hydrogens is 332 g/mol. The van der Waals surface area contributed by atoms with Gasteiger partial charge < -0.3 is 9.63 Å². The zero-order valence-electron chi connectivity index (χ0n) is 13.4. The van der Waals surface area contributed by atoms with E-state index < -0.39 is 0 Å². The number of benzene rings is 2. The van der Waals surface area contributed by atoms with Gasteiger partial charge in [-0.15, -0.1) is 11.3 Å². The normalized spacial score (nSPS) is 10.9. The van der Waals surface area contributed by atoms with Crippen molar-refractivity contribution < 1.29 is 9.63 Å². The van der Waals surface area contributed by atoms with Crippen LogP contribution >= 0.6 is 11.3 Å². The lowest BCUT2D eigenvalue weighted by molar-refractivity contribution is 0.285. The molecule has 0 amide bonds. The highest BCUT2D eigenvalue weighted by molar-refractivity contribution is 7.10. The second-order valence-corrected chi connectivity index (χ2v) is 6.74. The fourth-order valence-electron chi connectivity index (χ4n) is 2.64. The fourth-order valence-corrected chi connectivity index (χ4v) is 3.36. The lowest BCUT2D eigenvalue weighted by atomic mass is 10.0. The Morgan fingerprint density at radius 3 is 2.40 bits per heavy atom. The molecule has 4 aromatic rings. The van der Waals surface area contributed by atoms with E-state index in [1.54, 1.807) is 0 Å². The largest absolute Gasteiger partial charge is 0.391 e. The summed E-state index contributed by atoms with van der Waals surface area (Å²) in [6, 6.07) is 20.4. The van der Waals surface area contributed by atoms with E-state index in [1.165, 1.54) is 22.5 Å². The molecular formula is C20H16N2O2S. The van der Waals surface area contributed by atoms with Gasteiger partial charge in [0.15, 0.2) is 0 Å². The lowest BCUT2D eigenvalue weighted by Crippen LogP contribution is -1.87. The monoisotopic (exact) mass is 348 g/mol. The molecule has 0 spiro atoms. The third-order valence-electron chi connectivity index (χ3n) is 3.95. The van der Waals surface area contributed by atoms with Gasteiger partial charge in [0.05, 0.1) is 6.61 Å². The number of thiophene rings is 1. The van der Waals surface area contributed by atoms with Crippen molar-refractivity contribution in [2.24, 2.45) is 0 Å². The number of hydrogen-bond donors (Lipinski definition) is 1. The highest BCUT2D eigenvalue weighted by Crippen LogP contribution is 2.26. The maximum atomic E-state index is 9.16. The molecule has 4 nitrogen and oxygen atoms in total. The van der Waals surface area contributed by atoms with Gasteiger partial charge in [-0.2, -0.15) is 4.98 Å². The SMILES string of the molecule is OCc1cc(-c2noc(-c3ccc(Cc4ccccc4)cc3)n2)cs1. The van der Waals surface area contributed by atoms with Crippen molar-refractivity contribution in [2.75, 3.05) is 0 Å². The first-order valence-electron chi connectivity index (χ1n) is 7.97. The predicted molar refractivity (Wildman–Crippen MR) is 98.2 cm³/mol. The molecule has 25 heavy (non-hydrogen) atoms. The maximum absolute atomic E-state index is 9.16. The van der Waals surface area contributed by atoms with Crippen molar-refractivity contribution in [3.63, 3.8) is 0 Å². The second kappa shape index (κ2) is 7.01. The number of aliphatic hydroxyl groups excluding tert-OH is 1. The Morgan fingerprint density at radius 1 is 0.920 bits per heavy atom. The van der Waals surface area contributed by atoms with E-state index in [4.69, 9.17) is 9.63 Å². The van der Waals surface area contributed by atoms with Crippen LogP contribution in [0.25, 0.3) is 22.8 Å². The van der Waals surface area contributed by atoms with Crippen LogP contribution in [0.3, 0.4) is 0 Å². The molecule has 0 saturated carbocycles. The van der Waals surface area contributed by atoms with Crippen molar-refractivity contribution in [3.05, 3.63) is 82.0 Å². The van der Waals surface area contributed by atoms with Gasteiger partial charge in [0.1, 0.15) is 0 Å². The van der Waals surface area contributed by atoms with E-state index in [-0.39, 0.29) is 6.61 Å². The van der Waals surface area contributed by atoms with Crippen LogP contribution in [0, 0.1) is 0 Å². The molecule has 0 unspecified atom stereocenters. The van der Waals surface area contributed by atoms with Gasteiger partial charge in [0.25, 0.3) is 5.89 Å². The van der Waals surface area contributed by atoms with E-state index in [2.05, 4.69) is 46.5 Å². The van der Waals surface area contributed by atoms with Crippen LogP contribution in [0.2, 0.25) is 0 Å². The molecule has 0 aliphatic carbocycles. The first-order valence-corrected chi connectivity index (χ1v) is 8.85. The van der Waals surface area contributed by atoms with Crippen molar-refractivity contribution in [1.82, 2.24) is 10.1 Å². The fraction of sp³-hybridized carbons (Fsp3) is 0.100. The van der Waals surface area contributed by atoms with E-state index in [1.807, 2.05) is 29.6 Å². The molecule has 2 aromatic carbocycles. The summed E-state index contributed by atoms with van der Waals surface area (Å²) in [5.41, 5.74) is 4.28. The predicted octanol–water partition coefficient (Wildman–Crippen LogP) is 4.55. The summed E-state index contributed by atoms with van der Waals surface area (Å²) < 4.78 is 5.39. The maximum Gasteiger partial charge on any atom is 0.258 e. The lowest BCUT2D eigenvalue weighted by Gasteiger charge is -2.02. The average molecular weight is 348 g/mol. The Labute approximate surface area is 149 Å². The van der Waals surface area contributed by atoms with Crippen molar-refractivity contribution in [1.29, 1.82) is 0 Å². The molecule has 124 valence electrons. The van der Waals surface area contributed by atoms with Gasteiger partial charge >= 0.3 is 0 Å². The highest BCUT2D eigenvalue weighted by atomic mass is 32.1. The first-order chi connectivity index (χ1) is 12.3. The summed E-state index contributed by atoms with van der Waals surface area (Å²) in [6.07, 6.45) is 0.898. The minimum atomic E-state index is 0.0260. The van der Waals surface area contributed by atoms with E-state index in [0.29, 0.717) is 11.7 Å². The molecule has 0 saturated heterocycles. The third-order valence-corrected chi connectivity index (χ3v) is 4.87. The van der Waals surface area contributed by atoms with Gasteiger partial charge in [0.2, 0.25) is 5.82 Å². The summed E-state index contributed by atoms with van der Waals surface area (Å²) in [7, 11) is 0. The molecule has 2 aromatic heterocycles. The average Bonchev–Trinajstić information content (AvgIpc) is 3.32.